The number of carbonyl (C=O) groups is 2. The van der Waals surface area contributed by atoms with Gasteiger partial charge in [-0.3, -0.25) is 9.59 Å². The minimum Gasteiger partial charge on any atom is -0.345 e. The molecule has 2 amide bonds. The third-order valence-electron chi connectivity index (χ3n) is 6.65. The first-order chi connectivity index (χ1) is 18.1. The zero-order valence-electron chi connectivity index (χ0n) is 20.9. The van der Waals surface area contributed by atoms with E-state index in [9.17, 15) is 18.0 Å². The van der Waals surface area contributed by atoms with Gasteiger partial charge in [-0.2, -0.15) is 0 Å². The van der Waals surface area contributed by atoms with Crippen LogP contribution >= 0.6 is 23.2 Å². The highest BCUT2D eigenvalue weighted by atomic mass is 35.5. The topological polar surface area (TPSA) is 95.6 Å². The summed E-state index contributed by atoms with van der Waals surface area (Å²) in [6.45, 7) is 2.35. The van der Waals surface area contributed by atoms with Gasteiger partial charge >= 0.3 is 0 Å². The second kappa shape index (κ2) is 12.3. The van der Waals surface area contributed by atoms with E-state index in [0.29, 0.717) is 39.7 Å². The van der Waals surface area contributed by atoms with Crippen LogP contribution in [0.15, 0.2) is 72.8 Å². The number of sulfonamides is 1. The molecule has 38 heavy (non-hydrogen) atoms. The molecule has 200 valence electrons. The number of rotatable bonds is 8. The first kappa shape index (κ1) is 28.1. The number of piperidine rings is 1. The molecule has 3 aromatic carbocycles. The predicted octanol–water partition coefficient (Wildman–Crippen LogP) is 5.66. The van der Waals surface area contributed by atoms with E-state index in [4.69, 9.17) is 23.2 Å². The molecule has 7 nitrogen and oxygen atoms in total. The summed E-state index contributed by atoms with van der Waals surface area (Å²) in [5, 5.41) is 6.60. The van der Waals surface area contributed by atoms with Crippen LogP contribution in [0.5, 0.6) is 0 Å². The van der Waals surface area contributed by atoms with E-state index in [-0.39, 0.29) is 42.6 Å². The highest BCUT2D eigenvalue weighted by Crippen LogP contribution is 2.27. The van der Waals surface area contributed by atoms with Gasteiger partial charge in [0.1, 0.15) is 0 Å². The third-order valence-corrected chi connectivity index (χ3v) is 9.06. The van der Waals surface area contributed by atoms with Gasteiger partial charge in [-0.05, 0) is 55.2 Å². The summed E-state index contributed by atoms with van der Waals surface area (Å²) >= 11 is 12.1. The molecule has 0 aromatic heterocycles. The number of halogens is 2. The maximum absolute atomic E-state index is 13.1. The van der Waals surface area contributed by atoms with E-state index < -0.39 is 10.0 Å². The van der Waals surface area contributed by atoms with E-state index >= 15 is 0 Å². The van der Waals surface area contributed by atoms with Gasteiger partial charge in [0, 0.05) is 29.1 Å². The van der Waals surface area contributed by atoms with E-state index in [1.165, 1.54) is 10.4 Å². The van der Waals surface area contributed by atoms with Crippen molar-refractivity contribution in [1.82, 2.24) is 9.62 Å². The van der Waals surface area contributed by atoms with Gasteiger partial charge in [-0.15, -0.1) is 0 Å². The van der Waals surface area contributed by atoms with Gasteiger partial charge in [-0.25, -0.2) is 12.7 Å². The average molecular weight is 575 g/mol. The van der Waals surface area contributed by atoms with Crippen molar-refractivity contribution in [3.05, 3.63) is 99.5 Å². The molecule has 1 aliphatic heterocycles. The Balaban J connectivity index is 1.36. The molecule has 10 heteroatoms. The van der Waals surface area contributed by atoms with Crippen molar-refractivity contribution < 1.29 is 18.0 Å². The molecule has 0 unspecified atom stereocenters. The Morgan fingerprint density at radius 3 is 2.32 bits per heavy atom. The Hall–Kier alpha value is -2.91. The van der Waals surface area contributed by atoms with Crippen LogP contribution in [-0.4, -0.2) is 37.6 Å². The van der Waals surface area contributed by atoms with Crippen molar-refractivity contribution in [2.45, 2.75) is 31.6 Å². The molecule has 0 spiro atoms. The van der Waals surface area contributed by atoms with Crippen molar-refractivity contribution in [2.75, 3.05) is 18.4 Å². The number of hydrogen-bond acceptors (Lipinski definition) is 4. The number of nitrogens with zero attached hydrogens (tertiary/aromatic N) is 1. The SMILES string of the molecule is C[C@@H](NC(=O)c1ccccc1NC(=O)C1CCN(S(=O)(=O)Cc2ccc(Cl)cc2Cl)CC1)c1ccccc1. The third kappa shape index (κ3) is 6.94. The molecule has 1 fully saturated rings. The van der Waals surface area contributed by atoms with E-state index in [2.05, 4.69) is 10.6 Å². The summed E-state index contributed by atoms with van der Waals surface area (Å²) in [5.41, 5.74) is 2.24. The van der Waals surface area contributed by atoms with Crippen molar-refractivity contribution in [1.29, 1.82) is 0 Å². The van der Waals surface area contributed by atoms with Gasteiger partial charge in [0.15, 0.2) is 0 Å². The number of amides is 2. The molecule has 3 aromatic rings. The molecule has 0 bridgehead atoms. The Labute approximate surface area is 233 Å². The molecule has 0 radical (unpaired) electrons. The van der Waals surface area contributed by atoms with Crippen LogP contribution in [0, 0.1) is 5.92 Å². The summed E-state index contributed by atoms with van der Waals surface area (Å²) in [7, 11) is -3.61. The number of para-hydroxylation sites is 1. The maximum atomic E-state index is 13.1. The lowest BCUT2D eigenvalue weighted by atomic mass is 9.97. The van der Waals surface area contributed by atoms with Gasteiger partial charge in [-0.1, -0.05) is 71.7 Å². The zero-order valence-corrected chi connectivity index (χ0v) is 23.2. The van der Waals surface area contributed by atoms with Crippen LogP contribution in [0.25, 0.3) is 0 Å². The normalized spacial score (nSPS) is 15.6. The fraction of sp³-hybridized carbons (Fsp3) is 0.286. The van der Waals surface area contributed by atoms with E-state index in [1.807, 2.05) is 37.3 Å². The summed E-state index contributed by atoms with van der Waals surface area (Å²) in [6.07, 6.45) is 0.748. The fourth-order valence-corrected chi connectivity index (χ4v) is 6.60. The fourth-order valence-electron chi connectivity index (χ4n) is 4.45. The second-order valence-corrected chi connectivity index (χ2v) is 12.1. The van der Waals surface area contributed by atoms with Gasteiger partial charge < -0.3 is 10.6 Å². The minimum atomic E-state index is -3.61. The van der Waals surface area contributed by atoms with Crippen molar-refractivity contribution >= 4 is 50.7 Å². The summed E-state index contributed by atoms with van der Waals surface area (Å²) in [5.74, 6) is -1.14. The molecular formula is C28H29Cl2N3O4S. The summed E-state index contributed by atoms with van der Waals surface area (Å²) in [4.78, 5) is 26.1. The first-order valence-corrected chi connectivity index (χ1v) is 14.7. The molecule has 0 saturated carbocycles. The Kier molecular flexibility index (Phi) is 9.10. The van der Waals surface area contributed by atoms with Crippen LogP contribution in [0.3, 0.4) is 0 Å². The summed E-state index contributed by atoms with van der Waals surface area (Å²) in [6, 6.07) is 21.0. The lowest BCUT2D eigenvalue weighted by molar-refractivity contribution is -0.120. The van der Waals surface area contributed by atoms with E-state index in [1.54, 1.807) is 36.4 Å². The Morgan fingerprint density at radius 2 is 1.63 bits per heavy atom. The Morgan fingerprint density at radius 1 is 0.974 bits per heavy atom. The van der Waals surface area contributed by atoms with Gasteiger partial charge in [0.2, 0.25) is 15.9 Å². The van der Waals surface area contributed by atoms with Gasteiger partial charge in [0.25, 0.3) is 5.91 Å². The monoisotopic (exact) mass is 573 g/mol. The van der Waals surface area contributed by atoms with Crippen LogP contribution in [-0.2, 0) is 20.6 Å². The van der Waals surface area contributed by atoms with Crippen LogP contribution in [0.2, 0.25) is 10.0 Å². The molecule has 2 N–H and O–H groups in total. The number of nitrogens with one attached hydrogen (secondary N) is 2. The average Bonchev–Trinajstić information content (AvgIpc) is 2.91. The first-order valence-electron chi connectivity index (χ1n) is 12.3. The van der Waals surface area contributed by atoms with Crippen LogP contribution in [0.4, 0.5) is 5.69 Å². The van der Waals surface area contributed by atoms with Gasteiger partial charge in [0.05, 0.1) is 23.0 Å². The van der Waals surface area contributed by atoms with Crippen molar-refractivity contribution in [3.63, 3.8) is 0 Å². The standard InChI is InChI=1S/C28H29Cl2N3O4S/c1-19(20-7-3-2-4-8-20)31-28(35)24-9-5-6-10-26(24)32-27(34)21-13-15-33(16-14-21)38(36,37)18-22-11-12-23(29)17-25(22)30/h2-12,17,19,21H,13-16,18H2,1H3,(H,31,35)(H,32,34)/t19-/m1/s1. The number of carbonyl (C=O) groups excluding carboxylic acids is 2. The molecule has 0 aliphatic carbocycles. The number of benzene rings is 3. The molecule has 4 rings (SSSR count). The molecule has 1 aliphatic rings. The Bertz CT molecular complexity index is 1410. The lowest BCUT2D eigenvalue weighted by Gasteiger charge is -2.30. The maximum Gasteiger partial charge on any atom is 0.253 e. The predicted molar refractivity (Wildman–Crippen MR) is 151 cm³/mol. The molecule has 1 heterocycles. The second-order valence-electron chi connectivity index (χ2n) is 9.31. The minimum absolute atomic E-state index is 0.207. The number of hydrogen-bond donors (Lipinski definition) is 2. The van der Waals surface area contributed by atoms with Crippen molar-refractivity contribution in [3.8, 4) is 0 Å². The zero-order chi connectivity index (χ0) is 27.3. The largest absolute Gasteiger partial charge is 0.345 e. The smallest absolute Gasteiger partial charge is 0.253 e. The lowest BCUT2D eigenvalue weighted by Crippen LogP contribution is -2.42. The van der Waals surface area contributed by atoms with E-state index in [0.717, 1.165) is 5.56 Å². The molecule has 1 atom stereocenters. The summed E-state index contributed by atoms with van der Waals surface area (Å²) < 4.78 is 27.3. The van der Waals surface area contributed by atoms with Crippen molar-refractivity contribution in [2.24, 2.45) is 5.92 Å². The molecular weight excluding hydrogens is 545 g/mol. The quantitative estimate of drug-likeness (QED) is 0.363. The van der Waals surface area contributed by atoms with Crippen LogP contribution in [0.1, 0.15) is 47.3 Å². The highest BCUT2D eigenvalue weighted by Gasteiger charge is 2.32. The van der Waals surface area contributed by atoms with Crippen LogP contribution < -0.4 is 10.6 Å². The highest BCUT2D eigenvalue weighted by molar-refractivity contribution is 7.88. The number of anilines is 1. The molecule has 1 saturated heterocycles.